The van der Waals surface area contributed by atoms with Gasteiger partial charge in [0.2, 0.25) is 0 Å². The highest BCUT2D eigenvalue weighted by Gasteiger charge is 2.47. The Labute approximate surface area is 120 Å². The van der Waals surface area contributed by atoms with Crippen LogP contribution in [0.25, 0.3) is 0 Å². The summed E-state index contributed by atoms with van der Waals surface area (Å²) < 4.78 is 5.63. The fourth-order valence-electron chi connectivity index (χ4n) is 3.20. The van der Waals surface area contributed by atoms with E-state index in [-0.39, 0.29) is 0 Å². The molecule has 2 atom stereocenters. The van der Waals surface area contributed by atoms with Crippen LogP contribution < -0.4 is 4.74 Å². The Bertz CT molecular complexity index is 475. The molecule has 0 spiro atoms. The second-order valence-electron chi connectivity index (χ2n) is 6.25. The molecule has 2 heterocycles. The zero-order valence-corrected chi connectivity index (χ0v) is 12.4. The molecule has 1 saturated carbocycles. The number of aromatic nitrogens is 1. The van der Waals surface area contributed by atoms with E-state index in [2.05, 4.69) is 23.7 Å². The summed E-state index contributed by atoms with van der Waals surface area (Å²) in [5.41, 5.74) is 0.113. The molecule has 4 nitrogen and oxygen atoms in total. The van der Waals surface area contributed by atoms with Crippen LogP contribution in [0, 0.1) is 0 Å². The molecular weight excluding hydrogens is 252 g/mol. The second kappa shape index (κ2) is 5.34. The van der Waals surface area contributed by atoms with Gasteiger partial charge in [0.25, 0.3) is 0 Å². The number of hydrogen-bond donors (Lipinski definition) is 1. The number of rotatable bonds is 5. The van der Waals surface area contributed by atoms with Crippen LogP contribution in [-0.2, 0) is 5.60 Å². The molecule has 3 rings (SSSR count). The van der Waals surface area contributed by atoms with E-state index in [0.29, 0.717) is 18.7 Å². The molecule has 110 valence electrons. The lowest BCUT2D eigenvalue weighted by atomic mass is 9.93. The number of ether oxygens (including phenoxy) is 1. The van der Waals surface area contributed by atoms with Crippen molar-refractivity contribution in [1.29, 1.82) is 0 Å². The Morgan fingerprint density at radius 2 is 2.25 bits per heavy atom. The van der Waals surface area contributed by atoms with Gasteiger partial charge in [0.15, 0.2) is 0 Å². The van der Waals surface area contributed by atoms with Crippen molar-refractivity contribution in [1.82, 2.24) is 9.88 Å². The molecule has 1 saturated heterocycles. The summed E-state index contributed by atoms with van der Waals surface area (Å²) >= 11 is 0. The van der Waals surface area contributed by atoms with Gasteiger partial charge in [-0.1, -0.05) is 6.92 Å². The smallest absolute Gasteiger partial charge is 0.137 e. The van der Waals surface area contributed by atoms with Crippen LogP contribution in [0.15, 0.2) is 18.5 Å². The third kappa shape index (κ3) is 2.67. The highest BCUT2D eigenvalue weighted by molar-refractivity contribution is 5.30. The lowest BCUT2D eigenvalue weighted by Crippen LogP contribution is -2.33. The maximum absolute atomic E-state index is 11.0. The third-order valence-corrected chi connectivity index (χ3v) is 4.38. The van der Waals surface area contributed by atoms with Crippen LogP contribution in [-0.4, -0.2) is 40.2 Å². The monoisotopic (exact) mass is 276 g/mol. The maximum Gasteiger partial charge on any atom is 0.137 e. The van der Waals surface area contributed by atoms with Crippen LogP contribution in [0.1, 0.15) is 45.1 Å². The van der Waals surface area contributed by atoms with Crippen molar-refractivity contribution in [3.8, 4) is 5.75 Å². The van der Waals surface area contributed by atoms with Gasteiger partial charge in [-0.3, -0.25) is 9.88 Å². The van der Waals surface area contributed by atoms with Crippen LogP contribution in [0.5, 0.6) is 5.75 Å². The summed E-state index contributed by atoms with van der Waals surface area (Å²) in [7, 11) is 0. The molecule has 1 aliphatic heterocycles. The number of pyridine rings is 1. The first-order chi connectivity index (χ1) is 9.62. The van der Waals surface area contributed by atoms with Gasteiger partial charge in [-0.05, 0) is 38.7 Å². The normalized spacial score (nSPS) is 30.6. The first-order valence-electron chi connectivity index (χ1n) is 7.69. The standard InChI is InChI=1S/C16H24N2O2/c1-3-6-20-15-7-13(9-17-10-15)16(19)8-12(2)18(11-16)14-4-5-14/h7,9-10,12,14,19H,3-6,8,11H2,1-2H3. The fraction of sp³-hybridized carbons (Fsp3) is 0.688. The van der Waals surface area contributed by atoms with Gasteiger partial charge in [-0.2, -0.15) is 0 Å². The van der Waals surface area contributed by atoms with E-state index < -0.39 is 5.60 Å². The second-order valence-corrected chi connectivity index (χ2v) is 6.25. The average Bonchev–Trinajstić information content (AvgIpc) is 3.23. The summed E-state index contributed by atoms with van der Waals surface area (Å²) in [6.45, 7) is 5.70. The van der Waals surface area contributed by atoms with E-state index in [1.807, 2.05) is 6.07 Å². The lowest BCUT2D eigenvalue weighted by molar-refractivity contribution is 0.0445. The largest absolute Gasteiger partial charge is 0.492 e. The minimum absolute atomic E-state index is 0.438. The number of likely N-dealkylation sites (tertiary alicyclic amines) is 1. The lowest BCUT2D eigenvalue weighted by Gasteiger charge is -2.24. The molecule has 0 amide bonds. The quantitative estimate of drug-likeness (QED) is 0.896. The molecule has 1 aliphatic carbocycles. The van der Waals surface area contributed by atoms with Crippen molar-refractivity contribution >= 4 is 0 Å². The Kier molecular flexibility index (Phi) is 3.69. The van der Waals surface area contributed by atoms with Gasteiger partial charge >= 0.3 is 0 Å². The molecule has 0 radical (unpaired) electrons. The SMILES string of the molecule is CCCOc1cncc(C2(O)CC(C)N(C3CC3)C2)c1. The first-order valence-corrected chi connectivity index (χ1v) is 7.69. The van der Waals surface area contributed by atoms with Crippen LogP contribution >= 0.6 is 0 Å². The Morgan fingerprint density at radius 3 is 2.95 bits per heavy atom. The number of nitrogens with zero attached hydrogens (tertiary/aromatic N) is 2. The van der Waals surface area contributed by atoms with Gasteiger partial charge < -0.3 is 9.84 Å². The molecule has 1 aromatic rings. The Morgan fingerprint density at radius 1 is 1.45 bits per heavy atom. The molecule has 0 aromatic carbocycles. The van der Waals surface area contributed by atoms with Gasteiger partial charge in [0, 0.05) is 30.4 Å². The minimum Gasteiger partial charge on any atom is -0.492 e. The first kappa shape index (κ1) is 13.8. The molecule has 2 fully saturated rings. The van der Waals surface area contributed by atoms with Crippen molar-refractivity contribution in [2.45, 2.75) is 57.2 Å². The maximum atomic E-state index is 11.0. The van der Waals surface area contributed by atoms with Crippen molar-refractivity contribution in [2.24, 2.45) is 0 Å². The number of β-amino-alcohol motifs (C(OH)–C–C–N with tert-alkyl or cyclic N) is 1. The van der Waals surface area contributed by atoms with E-state index in [1.54, 1.807) is 12.4 Å². The summed E-state index contributed by atoms with van der Waals surface area (Å²) in [6.07, 6.45) is 7.81. The third-order valence-electron chi connectivity index (χ3n) is 4.38. The zero-order valence-electron chi connectivity index (χ0n) is 12.4. The molecule has 2 aliphatic rings. The van der Waals surface area contributed by atoms with Gasteiger partial charge in [0.1, 0.15) is 11.4 Å². The molecule has 20 heavy (non-hydrogen) atoms. The van der Waals surface area contributed by atoms with E-state index >= 15 is 0 Å². The predicted molar refractivity (Wildman–Crippen MR) is 77.7 cm³/mol. The van der Waals surface area contributed by atoms with Gasteiger partial charge in [-0.15, -0.1) is 0 Å². The summed E-state index contributed by atoms with van der Waals surface area (Å²) in [5, 5.41) is 11.0. The highest BCUT2D eigenvalue weighted by atomic mass is 16.5. The van der Waals surface area contributed by atoms with Crippen molar-refractivity contribution in [3.05, 3.63) is 24.0 Å². The summed E-state index contributed by atoms with van der Waals surface area (Å²) in [5.74, 6) is 0.760. The topological polar surface area (TPSA) is 45.6 Å². The molecule has 0 bridgehead atoms. The molecule has 2 unspecified atom stereocenters. The summed E-state index contributed by atoms with van der Waals surface area (Å²) in [6, 6.07) is 3.07. The molecule has 4 heteroatoms. The predicted octanol–water partition coefficient (Wildman–Crippen LogP) is 2.31. The Hall–Kier alpha value is -1.13. The van der Waals surface area contributed by atoms with Gasteiger partial charge in [-0.25, -0.2) is 0 Å². The van der Waals surface area contributed by atoms with Crippen LogP contribution in [0.3, 0.4) is 0 Å². The van der Waals surface area contributed by atoms with Gasteiger partial charge in [0.05, 0.1) is 12.8 Å². The zero-order chi connectivity index (χ0) is 14.2. The Balaban J connectivity index is 1.77. The van der Waals surface area contributed by atoms with Crippen molar-refractivity contribution in [3.63, 3.8) is 0 Å². The van der Waals surface area contributed by atoms with E-state index in [1.165, 1.54) is 12.8 Å². The molecular formula is C16H24N2O2. The number of aliphatic hydroxyl groups is 1. The molecule has 1 aromatic heterocycles. The fourth-order valence-corrected chi connectivity index (χ4v) is 3.20. The van der Waals surface area contributed by atoms with Crippen molar-refractivity contribution < 1.29 is 9.84 Å². The van der Waals surface area contributed by atoms with Crippen molar-refractivity contribution in [2.75, 3.05) is 13.2 Å². The van der Waals surface area contributed by atoms with Crippen LogP contribution in [0.2, 0.25) is 0 Å². The minimum atomic E-state index is -0.777. The average molecular weight is 276 g/mol. The van der Waals surface area contributed by atoms with E-state index in [0.717, 1.165) is 30.7 Å². The highest BCUT2D eigenvalue weighted by Crippen LogP contribution is 2.42. The van der Waals surface area contributed by atoms with E-state index in [4.69, 9.17) is 4.74 Å². The number of hydrogen-bond acceptors (Lipinski definition) is 4. The van der Waals surface area contributed by atoms with Crippen LogP contribution in [0.4, 0.5) is 0 Å². The summed E-state index contributed by atoms with van der Waals surface area (Å²) in [4.78, 5) is 6.68. The molecule has 1 N–H and O–H groups in total. The van der Waals surface area contributed by atoms with E-state index in [9.17, 15) is 5.11 Å².